The van der Waals surface area contributed by atoms with E-state index in [4.69, 9.17) is 4.98 Å². The first kappa shape index (κ1) is 17.5. The Kier molecular flexibility index (Phi) is 5.07. The molecule has 0 saturated carbocycles. The molecule has 0 radical (unpaired) electrons. The Morgan fingerprint density at radius 2 is 2.00 bits per heavy atom. The summed E-state index contributed by atoms with van der Waals surface area (Å²) in [4.78, 5) is 26.3. The smallest absolute Gasteiger partial charge is 0.225 e. The molecule has 1 aliphatic heterocycles. The van der Waals surface area contributed by atoms with Crippen molar-refractivity contribution in [3.63, 3.8) is 0 Å². The summed E-state index contributed by atoms with van der Waals surface area (Å²) < 4.78 is 0. The molecule has 2 aromatic heterocycles. The number of nitrogens with zero attached hydrogens (tertiary/aromatic N) is 4. The molecule has 0 amide bonds. The standard InChI is InChI=1S/C21H23N5O/c1-15-12-26(21-23-9-16(14-27)10-24-21)13-20(15)22-11-18-8-7-17-5-3-2-4-6-19(17)25-18/h3-10,14-15,20,22H,2,11-13H2,1H3. The number of aromatic nitrogens is 3. The largest absolute Gasteiger partial charge is 0.339 e. The Hall–Kier alpha value is -2.86. The van der Waals surface area contributed by atoms with Gasteiger partial charge in [-0.3, -0.25) is 9.78 Å². The van der Waals surface area contributed by atoms with E-state index in [0.29, 0.717) is 23.5 Å². The van der Waals surface area contributed by atoms with Crippen LogP contribution in [0.3, 0.4) is 0 Å². The second-order valence-corrected chi connectivity index (χ2v) is 7.12. The molecule has 138 valence electrons. The molecule has 1 saturated heterocycles. The van der Waals surface area contributed by atoms with E-state index in [2.05, 4.69) is 63.5 Å². The Labute approximate surface area is 159 Å². The van der Waals surface area contributed by atoms with E-state index in [-0.39, 0.29) is 0 Å². The first-order valence-electron chi connectivity index (χ1n) is 9.31. The first-order chi connectivity index (χ1) is 13.2. The van der Waals surface area contributed by atoms with Crippen molar-refractivity contribution in [2.45, 2.75) is 25.9 Å². The summed E-state index contributed by atoms with van der Waals surface area (Å²) in [6, 6.07) is 4.57. The van der Waals surface area contributed by atoms with E-state index in [1.165, 1.54) is 5.56 Å². The van der Waals surface area contributed by atoms with Crippen molar-refractivity contribution in [2.24, 2.45) is 5.92 Å². The minimum absolute atomic E-state index is 0.343. The number of aldehydes is 1. The maximum atomic E-state index is 10.8. The molecule has 4 rings (SSSR count). The van der Waals surface area contributed by atoms with Gasteiger partial charge in [0.1, 0.15) is 0 Å². The lowest BCUT2D eigenvalue weighted by Gasteiger charge is -2.17. The van der Waals surface area contributed by atoms with Crippen LogP contribution in [0.15, 0.2) is 36.7 Å². The monoisotopic (exact) mass is 361 g/mol. The highest BCUT2D eigenvalue weighted by atomic mass is 16.1. The predicted octanol–water partition coefficient (Wildman–Crippen LogP) is 2.73. The number of carbonyl (C=O) groups is 1. The molecule has 6 heteroatoms. The fourth-order valence-electron chi connectivity index (χ4n) is 3.54. The highest BCUT2D eigenvalue weighted by Crippen LogP contribution is 2.21. The Balaban J connectivity index is 1.39. The summed E-state index contributed by atoms with van der Waals surface area (Å²) in [5, 5.41) is 3.63. The Bertz CT molecular complexity index is 875. The molecule has 2 atom stereocenters. The third-order valence-electron chi connectivity index (χ3n) is 5.10. The van der Waals surface area contributed by atoms with Gasteiger partial charge in [0.25, 0.3) is 0 Å². The van der Waals surface area contributed by atoms with Crippen molar-refractivity contribution in [3.05, 3.63) is 59.2 Å². The van der Waals surface area contributed by atoms with Gasteiger partial charge in [0.15, 0.2) is 6.29 Å². The first-order valence-corrected chi connectivity index (χ1v) is 9.31. The van der Waals surface area contributed by atoms with Crippen LogP contribution in [-0.2, 0) is 6.54 Å². The molecule has 3 heterocycles. The molecular weight excluding hydrogens is 338 g/mol. The Morgan fingerprint density at radius 3 is 2.81 bits per heavy atom. The number of allylic oxidation sites excluding steroid dienone is 2. The molecule has 1 N–H and O–H groups in total. The third kappa shape index (κ3) is 3.95. The van der Waals surface area contributed by atoms with Gasteiger partial charge in [-0.05, 0) is 30.0 Å². The number of carbonyl (C=O) groups excluding carboxylic acids is 1. The molecule has 6 nitrogen and oxygen atoms in total. The van der Waals surface area contributed by atoms with E-state index in [0.717, 1.165) is 43.7 Å². The van der Waals surface area contributed by atoms with Crippen molar-refractivity contribution in [1.29, 1.82) is 0 Å². The second kappa shape index (κ2) is 7.80. The van der Waals surface area contributed by atoms with Crippen LogP contribution in [0.4, 0.5) is 5.95 Å². The Morgan fingerprint density at radius 1 is 1.19 bits per heavy atom. The summed E-state index contributed by atoms with van der Waals surface area (Å²) in [6.45, 7) is 4.70. The normalized spacial score (nSPS) is 21.1. The topological polar surface area (TPSA) is 71.0 Å². The van der Waals surface area contributed by atoms with Gasteiger partial charge in [-0.25, -0.2) is 9.97 Å². The van der Waals surface area contributed by atoms with Crippen molar-refractivity contribution >= 4 is 24.4 Å². The van der Waals surface area contributed by atoms with Gasteiger partial charge in [0.2, 0.25) is 5.95 Å². The quantitative estimate of drug-likeness (QED) is 0.826. The molecule has 2 unspecified atom stereocenters. The zero-order chi connectivity index (χ0) is 18.6. The number of pyridine rings is 1. The van der Waals surface area contributed by atoms with Gasteiger partial charge in [-0.15, -0.1) is 0 Å². The summed E-state index contributed by atoms with van der Waals surface area (Å²) in [7, 11) is 0. The van der Waals surface area contributed by atoms with Crippen LogP contribution in [0.5, 0.6) is 0 Å². The van der Waals surface area contributed by atoms with Crippen LogP contribution < -0.4 is 10.2 Å². The number of hydrogen-bond donors (Lipinski definition) is 1. The van der Waals surface area contributed by atoms with Crippen molar-refractivity contribution in [3.8, 4) is 0 Å². The van der Waals surface area contributed by atoms with E-state index in [1.54, 1.807) is 12.4 Å². The molecule has 0 bridgehead atoms. The van der Waals surface area contributed by atoms with Gasteiger partial charge >= 0.3 is 0 Å². The molecule has 2 aromatic rings. The van der Waals surface area contributed by atoms with Gasteiger partial charge in [0.05, 0.1) is 17.0 Å². The average Bonchev–Trinajstić information content (AvgIpc) is 2.92. The van der Waals surface area contributed by atoms with Crippen LogP contribution >= 0.6 is 0 Å². The average molecular weight is 361 g/mol. The SMILES string of the molecule is CC1CN(c2ncc(C=O)cn2)CC1NCc1ccc2c(n1)C=CCC=C2. The third-order valence-corrected chi connectivity index (χ3v) is 5.10. The highest BCUT2D eigenvalue weighted by Gasteiger charge is 2.30. The number of hydrogen-bond acceptors (Lipinski definition) is 6. The summed E-state index contributed by atoms with van der Waals surface area (Å²) in [6.07, 6.45) is 13.4. The minimum Gasteiger partial charge on any atom is -0.339 e. The summed E-state index contributed by atoms with van der Waals surface area (Å²) in [5.41, 5.74) is 3.75. The summed E-state index contributed by atoms with van der Waals surface area (Å²) in [5.74, 6) is 1.15. The van der Waals surface area contributed by atoms with E-state index < -0.39 is 0 Å². The van der Waals surface area contributed by atoms with E-state index in [1.807, 2.05) is 0 Å². The molecular formula is C21H23N5O. The number of fused-ring (bicyclic) bond motifs is 1. The van der Waals surface area contributed by atoms with E-state index >= 15 is 0 Å². The minimum atomic E-state index is 0.343. The fraction of sp³-hybridized carbons (Fsp3) is 0.333. The van der Waals surface area contributed by atoms with Crippen LogP contribution in [0.1, 0.15) is 40.7 Å². The number of nitrogens with one attached hydrogen (secondary N) is 1. The van der Waals surface area contributed by atoms with Gasteiger partial charge in [0, 0.05) is 38.1 Å². The maximum absolute atomic E-state index is 10.8. The number of anilines is 1. The number of rotatable bonds is 5. The molecule has 1 aliphatic carbocycles. The predicted molar refractivity (Wildman–Crippen MR) is 106 cm³/mol. The van der Waals surface area contributed by atoms with Crippen LogP contribution in [0, 0.1) is 5.92 Å². The second-order valence-electron chi connectivity index (χ2n) is 7.12. The molecule has 1 fully saturated rings. The zero-order valence-electron chi connectivity index (χ0n) is 15.4. The molecule has 0 aromatic carbocycles. The van der Waals surface area contributed by atoms with Gasteiger partial charge in [-0.1, -0.05) is 31.2 Å². The van der Waals surface area contributed by atoms with E-state index in [9.17, 15) is 4.79 Å². The van der Waals surface area contributed by atoms with Crippen LogP contribution in [0.25, 0.3) is 12.2 Å². The molecule has 2 aliphatic rings. The fourth-order valence-corrected chi connectivity index (χ4v) is 3.54. The lowest BCUT2D eigenvalue weighted by molar-refractivity contribution is 0.112. The summed E-state index contributed by atoms with van der Waals surface area (Å²) >= 11 is 0. The zero-order valence-corrected chi connectivity index (χ0v) is 15.4. The molecule has 27 heavy (non-hydrogen) atoms. The van der Waals surface area contributed by atoms with Crippen molar-refractivity contribution in [2.75, 3.05) is 18.0 Å². The lowest BCUT2D eigenvalue weighted by Crippen LogP contribution is -2.35. The van der Waals surface area contributed by atoms with Crippen molar-refractivity contribution < 1.29 is 4.79 Å². The van der Waals surface area contributed by atoms with Gasteiger partial charge < -0.3 is 10.2 Å². The molecule has 0 spiro atoms. The lowest BCUT2D eigenvalue weighted by atomic mass is 10.1. The maximum Gasteiger partial charge on any atom is 0.225 e. The van der Waals surface area contributed by atoms with Crippen molar-refractivity contribution in [1.82, 2.24) is 20.3 Å². The van der Waals surface area contributed by atoms with Crippen LogP contribution in [0.2, 0.25) is 0 Å². The van der Waals surface area contributed by atoms with Crippen LogP contribution in [-0.4, -0.2) is 40.4 Å². The van der Waals surface area contributed by atoms with Gasteiger partial charge in [-0.2, -0.15) is 0 Å². The highest BCUT2D eigenvalue weighted by molar-refractivity contribution is 5.73.